The molecule has 1 aliphatic rings. The predicted molar refractivity (Wildman–Crippen MR) is 75.5 cm³/mol. The molecule has 0 radical (unpaired) electrons. The van der Waals surface area contributed by atoms with Crippen LogP contribution in [0.3, 0.4) is 0 Å². The third kappa shape index (κ3) is 8.58. The molecule has 1 N–H and O–H groups in total. The van der Waals surface area contributed by atoms with Gasteiger partial charge < -0.3 is 15.1 Å². The van der Waals surface area contributed by atoms with Crippen LogP contribution in [0.2, 0.25) is 0 Å². The molecule has 0 aromatic heterocycles. The first kappa shape index (κ1) is 14.9. The van der Waals surface area contributed by atoms with Gasteiger partial charge in [0.2, 0.25) is 0 Å². The summed E-state index contributed by atoms with van der Waals surface area (Å²) in [4.78, 5) is 4.88. The molecule has 0 saturated heterocycles. The van der Waals surface area contributed by atoms with E-state index in [1.807, 2.05) is 0 Å². The van der Waals surface area contributed by atoms with Crippen molar-refractivity contribution in [2.24, 2.45) is 5.92 Å². The van der Waals surface area contributed by atoms with Gasteiger partial charge >= 0.3 is 0 Å². The van der Waals surface area contributed by atoms with Crippen LogP contribution in [-0.4, -0.2) is 62.7 Å². The fourth-order valence-corrected chi connectivity index (χ4v) is 2.05. The Morgan fingerprint density at radius 3 is 2.35 bits per heavy atom. The normalized spacial score (nSPS) is 16.4. The van der Waals surface area contributed by atoms with Crippen molar-refractivity contribution >= 4 is 0 Å². The number of likely N-dealkylation sites (N-methyl/N-ethyl adjacent to an activating group) is 1. The molecule has 3 heteroatoms. The Bertz CT molecular complexity index is 188. The van der Waals surface area contributed by atoms with Gasteiger partial charge in [-0.2, -0.15) is 0 Å². The van der Waals surface area contributed by atoms with Gasteiger partial charge in [-0.1, -0.05) is 13.8 Å². The fourth-order valence-electron chi connectivity index (χ4n) is 2.05. The summed E-state index contributed by atoms with van der Waals surface area (Å²) in [5.41, 5.74) is 0. The van der Waals surface area contributed by atoms with Crippen molar-refractivity contribution in [1.29, 1.82) is 0 Å². The van der Waals surface area contributed by atoms with E-state index in [4.69, 9.17) is 0 Å². The molecule has 1 aliphatic carbocycles. The summed E-state index contributed by atoms with van der Waals surface area (Å²) in [6.07, 6.45) is 4.09. The lowest BCUT2D eigenvalue weighted by Gasteiger charge is -2.25. The molecule has 0 aromatic rings. The van der Waals surface area contributed by atoms with Crippen LogP contribution in [0.5, 0.6) is 0 Å². The molecule has 0 heterocycles. The Morgan fingerprint density at radius 2 is 1.82 bits per heavy atom. The maximum Gasteiger partial charge on any atom is 0.0109 e. The maximum atomic E-state index is 3.59. The number of hydrogen-bond donors (Lipinski definition) is 1. The molecule has 0 aromatic carbocycles. The van der Waals surface area contributed by atoms with Gasteiger partial charge in [0.15, 0.2) is 0 Å². The molecule has 0 atom stereocenters. The van der Waals surface area contributed by atoms with Gasteiger partial charge in [0.1, 0.15) is 0 Å². The highest BCUT2D eigenvalue weighted by Gasteiger charge is 2.19. The smallest absolute Gasteiger partial charge is 0.0109 e. The molecule has 1 fully saturated rings. The van der Waals surface area contributed by atoms with Crippen LogP contribution in [0.25, 0.3) is 0 Å². The molecule has 0 unspecified atom stereocenters. The zero-order chi connectivity index (χ0) is 12.7. The lowest BCUT2D eigenvalue weighted by Crippen LogP contribution is -2.36. The second-order valence-electron chi connectivity index (χ2n) is 6.08. The van der Waals surface area contributed by atoms with Crippen molar-refractivity contribution in [2.75, 3.05) is 46.8 Å². The molecule has 0 aliphatic heterocycles. The number of hydrogen-bond acceptors (Lipinski definition) is 3. The number of nitrogens with zero attached hydrogens (tertiary/aromatic N) is 2. The lowest BCUT2D eigenvalue weighted by atomic mass is 10.2. The number of rotatable bonds is 10. The van der Waals surface area contributed by atoms with Crippen LogP contribution >= 0.6 is 0 Å². The third-order valence-corrected chi connectivity index (χ3v) is 3.15. The largest absolute Gasteiger partial charge is 0.314 e. The molecular formula is C14H31N3. The fraction of sp³-hybridized carbons (Fsp3) is 1.00. The maximum absolute atomic E-state index is 3.59. The highest BCUT2D eigenvalue weighted by atomic mass is 15.2. The number of nitrogens with one attached hydrogen (secondary N) is 1. The highest BCUT2D eigenvalue weighted by molar-refractivity contribution is 4.80. The van der Waals surface area contributed by atoms with E-state index in [0.717, 1.165) is 12.0 Å². The van der Waals surface area contributed by atoms with Crippen LogP contribution in [0.4, 0.5) is 0 Å². The van der Waals surface area contributed by atoms with Gasteiger partial charge in [0.25, 0.3) is 0 Å². The topological polar surface area (TPSA) is 18.5 Å². The quantitative estimate of drug-likeness (QED) is 0.587. The van der Waals surface area contributed by atoms with Gasteiger partial charge in [0.05, 0.1) is 0 Å². The molecule has 17 heavy (non-hydrogen) atoms. The van der Waals surface area contributed by atoms with E-state index in [0.29, 0.717) is 0 Å². The molecular weight excluding hydrogens is 210 g/mol. The Hall–Kier alpha value is -0.120. The van der Waals surface area contributed by atoms with E-state index in [1.54, 1.807) is 0 Å². The molecule has 102 valence electrons. The third-order valence-electron chi connectivity index (χ3n) is 3.15. The van der Waals surface area contributed by atoms with Gasteiger partial charge in [-0.3, -0.25) is 0 Å². The minimum absolute atomic E-state index is 0.772. The summed E-state index contributed by atoms with van der Waals surface area (Å²) >= 11 is 0. The molecule has 1 rings (SSSR count). The predicted octanol–water partition coefficient (Wildman–Crippen LogP) is 1.65. The molecule has 0 spiro atoms. The van der Waals surface area contributed by atoms with Crippen molar-refractivity contribution in [3.05, 3.63) is 0 Å². The van der Waals surface area contributed by atoms with E-state index in [-0.39, 0.29) is 0 Å². The van der Waals surface area contributed by atoms with Gasteiger partial charge in [-0.15, -0.1) is 0 Å². The van der Waals surface area contributed by atoms with E-state index in [1.165, 1.54) is 52.0 Å². The van der Waals surface area contributed by atoms with Crippen LogP contribution in [-0.2, 0) is 0 Å². The second-order valence-corrected chi connectivity index (χ2v) is 6.08. The summed E-state index contributed by atoms with van der Waals surface area (Å²) in [5.74, 6) is 0.772. The summed E-state index contributed by atoms with van der Waals surface area (Å²) < 4.78 is 0. The molecule has 1 saturated carbocycles. The minimum Gasteiger partial charge on any atom is -0.314 e. The Morgan fingerprint density at radius 1 is 1.12 bits per heavy atom. The van der Waals surface area contributed by atoms with Crippen molar-refractivity contribution in [1.82, 2.24) is 15.1 Å². The average molecular weight is 241 g/mol. The van der Waals surface area contributed by atoms with Crippen LogP contribution in [0, 0.1) is 5.92 Å². The first-order chi connectivity index (χ1) is 8.08. The van der Waals surface area contributed by atoms with E-state index >= 15 is 0 Å². The van der Waals surface area contributed by atoms with Crippen LogP contribution in [0.15, 0.2) is 0 Å². The highest BCUT2D eigenvalue weighted by Crippen LogP contribution is 2.18. The summed E-state index contributed by atoms with van der Waals surface area (Å²) in [7, 11) is 4.31. The molecule has 0 bridgehead atoms. The van der Waals surface area contributed by atoms with Crippen LogP contribution < -0.4 is 5.32 Å². The Labute approximate surface area is 108 Å². The lowest BCUT2D eigenvalue weighted by molar-refractivity contribution is 0.216. The molecule has 3 nitrogen and oxygen atoms in total. The first-order valence-corrected chi connectivity index (χ1v) is 7.18. The van der Waals surface area contributed by atoms with E-state index in [9.17, 15) is 0 Å². The molecule has 0 amide bonds. The van der Waals surface area contributed by atoms with E-state index < -0.39 is 0 Å². The first-order valence-electron chi connectivity index (χ1n) is 7.18. The van der Waals surface area contributed by atoms with Crippen LogP contribution in [0.1, 0.15) is 33.1 Å². The standard InChI is InChI=1S/C14H31N3/c1-13(2)12-17(11-10-16(3)4)9-5-8-15-14-6-7-14/h13-15H,5-12H2,1-4H3. The van der Waals surface area contributed by atoms with Crippen molar-refractivity contribution in [3.63, 3.8) is 0 Å². The summed E-state index contributed by atoms with van der Waals surface area (Å²) in [5, 5.41) is 3.59. The Balaban J connectivity index is 2.09. The van der Waals surface area contributed by atoms with Crippen molar-refractivity contribution in [3.8, 4) is 0 Å². The zero-order valence-corrected chi connectivity index (χ0v) is 12.2. The zero-order valence-electron chi connectivity index (χ0n) is 12.2. The van der Waals surface area contributed by atoms with Gasteiger partial charge in [-0.05, 0) is 52.4 Å². The van der Waals surface area contributed by atoms with E-state index in [2.05, 4.69) is 43.1 Å². The minimum atomic E-state index is 0.772. The second kappa shape index (κ2) is 8.06. The van der Waals surface area contributed by atoms with Crippen molar-refractivity contribution < 1.29 is 0 Å². The van der Waals surface area contributed by atoms with Gasteiger partial charge in [-0.25, -0.2) is 0 Å². The summed E-state index contributed by atoms with van der Waals surface area (Å²) in [6.45, 7) is 10.7. The average Bonchev–Trinajstić information content (AvgIpc) is 3.03. The van der Waals surface area contributed by atoms with Crippen molar-refractivity contribution in [2.45, 2.75) is 39.2 Å². The monoisotopic (exact) mass is 241 g/mol. The Kier molecular flexibility index (Phi) is 7.09. The SMILES string of the molecule is CC(C)CN(CCCNC1CC1)CCN(C)C. The van der Waals surface area contributed by atoms with Gasteiger partial charge in [0, 0.05) is 25.7 Å². The summed E-state index contributed by atoms with van der Waals surface area (Å²) in [6, 6.07) is 0.857.